The Hall–Kier alpha value is -2.27. The van der Waals surface area contributed by atoms with Gasteiger partial charge in [-0.15, -0.1) is 0 Å². The summed E-state index contributed by atoms with van der Waals surface area (Å²) in [5.41, 5.74) is 7.09. The molecule has 0 saturated heterocycles. The van der Waals surface area contributed by atoms with E-state index in [9.17, 15) is 4.39 Å². The number of benzene rings is 1. The fourth-order valence-corrected chi connectivity index (χ4v) is 3.78. The average molecular weight is 324 g/mol. The van der Waals surface area contributed by atoms with Crippen molar-refractivity contribution < 1.29 is 4.39 Å². The normalized spacial score (nSPS) is 23.5. The quantitative estimate of drug-likeness (QED) is 0.935. The van der Waals surface area contributed by atoms with Gasteiger partial charge in [0.1, 0.15) is 11.4 Å². The van der Waals surface area contributed by atoms with Crippen molar-refractivity contribution in [3.05, 3.63) is 71.2 Å². The van der Waals surface area contributed by atoms with Crippen LogP contribution in [0.1, 0.15) is 44.0 Å². The van der Waals surface area contributed by atoms with E-state index in [1.54, 1.807) is 12.4 Å². The summed E-state index contributed by atoms with van der Waals surface area (Å²) in [7, 11) is 0. The molecule has 4 rings (SSSR count). The first-order valence-electron chi connectivity index (χ1n) is 8.46. The molecule has 124 valence electrons. The molecule has 24 heavy (non-hydrogen) atoms. The minimum atomic E-state index is -0.364. The van der Waals surface area contributed by atoms with Crippen molar-refractivity contribution >= 4 is 0 Å². The van der Waals surface area contributed by atoms with Crippen molar-refractivity contribution in [1.29, 1.82) is 0 Å². The van der Waals surface area contributed by atoms with Gasteiger partial charge in [0.05, 0.1) is 6.54 Å². The first kappa shape index (κ1) is 15.3. The molecule has 0 bridgehead atoms. The van der Waals surface area contributed by atoms with Crippen LogP contribution < -0.4 is 5.43 Å². The number of allylic oxidation sites excluding steroid dienone is 1. The monoisotopic (exact) mass is 324 g/mol. The zero-order valence-electron chi connectivity index (χ0n) is 13.8. The Labute approximate surface area is 141 Å². The Morgan fingerprint density at radius 1 is 1.12 bits per heavy atom. The van der Waals surface area contributed by atoms with Gasteiger partial charge >= 0.3 is 0 Å². The molecule has 0 fully saturated rings. The molecule has 0 unspecified atom stereocenters. The lowest BCUT2D eigenvalue weighted by Gasteiger charge is -2.29. The molecule has 0 saturated carbocycles. The summed E-state index contributed by atoms with van der Waals surface area (Å²) in [6, 6.07) is 8.56. The van der Waals surface area contributed by atoms with E-state index in [-0.39, 0.29) is 11.4 Å². The van der Waals surface area contributed by atoms with Crippen LogP contribution >= 0.6 is 0 Å². The van der Waals surface area contributed by atoms with Crippen LogP contribution in [0.25, 0.3) is 0 Å². The average Bonchev–Trinajstić information content (AvgIpc) is 2.92. The Morgan fingerprint density at radius 3 is 2.58 bits per heavy atom. The Bertz CT molecular complexity index is 757. The molecule has 2 aliphatic rings. The molecule has 1 aromatic heterocycles. The number of aromatic nitrogens is 2. The van der Waals surface area contributed by atoms with Crippen molar-refractivity contribution in [1.82, 2.24) is 20.4 Å². The summed E-state index contributed by atoms with van der Waals surface area (Å²) < 4.78 is 13.2. The first-order valence-corrected chi connectivity index (χ1v) is 8.46. The summed E-state index contributed by atoms with van der Waals surface area (Å²) in [6.45, 7) is 2.87. The minimum Gasteiger partial charge on any atom is -0.307 e. The molecule has 1 atom stereocenters. The van der Waals surface area contributed by atoms with Crippen LogP contribution in [0.5, 0.6) is 0 Å². The van der Waals surface area contributed by atoms with Crippen molar-refractivity contribution in [2.24, 2.45) is 0 Å². The van der Waals surface area contributed by atoms with E-state index in [0.29, 0.717) is 6.54 Å². The fourth-order valence-electron chi connectivity index (χ4n) is 3.78. The summed E-state index contributed by atoms with van der Waals surface area (Å²) in [5, 5.41) is 2.21. The molecule has 1 aliphatic heterocycles. The number of rotatable bonds is 3. The van der Waals surface area contributed by atoms with Crippen LogP contribution in [-0.4, -0.2) is 15.0 Å². The Kier molecular flexibility index (Phi) is 3.81. The topological polar surface area (TPSA) is 41.1 Å². The van der Waals surface area contributed by atoms with Crippen molar-refractivity contribution in [3.63, 3.8) is 0 Å². The predicted molar refractivity (Wildman–Crippen MR) is 90.0 cm³/mol. The van der Waals surface area contributed by atoms with Gasteiger partial charge in [0.25, 0.3) is 0 Å². The van der Waals surface area contributed by atoms with Crippen LogP contribution in [0.15, 0.2) is 54.0 Å². The van der Waals surface area contributed by atoms with Crippen LogP contribution in [-0.2, 0) is 12.1 Å². The van der Waals surface area contributed by atoms with E-state index >= 15 is 0 Å². The molecule has 4 nitrogen and oxygen atoms in total. The van der Waals surface area contributed by atoms with E-state index in [1.165, 1.54) is 36.2 Å². The second kappa shape index (κ2) is 5.98. The van der Waals surface area contributed by atoms with E-state index < -0.39 is 0 Å². The molecular weight excluding hydrogens is 303 g/mol. The molecule has 0 amide bonds. The van der Waals surface area contributed by atoms with Crippen molar-refractivity contribution in [2.75, 3.05) is 0 Å². The highest BCUT2D eigenvalue weighted by Crippen LogP contribution is 2.43. The largest absolute Gasteiger partial charge is 0.307 e. The van der Waals surface area contributed by atoms with Gasteiger partial charge in [0, 0.05) is 18.1 Å². The maximum atomic E-state index is 13.2. The van der Waals surface area contributed by atoms with E-state index in [4.69, 9.17) is 0 Å². The SMILES string of the molecule is C[C@]1(c2ncccn2)NN(Cc2ccc(F)cc2)C2=C1CCCC2. The maximum Gasteiger partial charge on any atom is 0.153 e. The highest BCUT2D eigenvalue weighted by atomic mass is 19.1. The fraction of sp³-hybridized carbons (Fsp3) is 0.368. The lowest BCUT2D eigenvalue weighted by Crippen LogP contribution is -2.44. The zero-order chi connectivity index (χ0) is 16.6. The number of hydrogen-bond donors (Lipinski definition) is 1. The molecule has 2 aromatic rings. The molecular formula is C19H21FN4. The van der Waals surface area contributed by atoms with Gasteiger partial charge in [0.15, 0.2) is 5.82 Å². The number of hydrogen-bond acceptors (Lipinski definition) is 4. The van der Waals surface area contributed by atoms with Crippen LogP contribution in [0.3, 0.4) is 0 Å². The van der Waals surface area contributed by atoms with E-state index in [1.807, 2.05) is 18.2 Å². The maximum absolute atomic E-state index is 13.2. The highest BCUT2D eigenvalue weighted by molar-refractivity contribution is 5.36. The summed E-state index contributed by atoms with van der Waals surface area (Å²) in [5.74, 6) is 0.606. The molecule has 1 aliphatic carbocycles. The van der Waals surface area contributed by atoms with Crippen LogP contribution in [0.2, 0.25) is 0 Å². The molecule has 1 aromatic carbocycles. The van der Waals surface area contributed by atoms with Gasteiger partial charge in [-0.2, -0.15) is 0 Å². The van der Waals surface area contributed by atoms with Crippen LogP contribution in [0.4, 0.5) is 4.39 Å². The molecule has 0 radical (unpaired) electrons. The van der Waals surface area contributed by atoms with Gasteiger partial charge < -0.3 is 5.01 Å². The summed E-state index contributed by atoms with van der Waals surface area (Å²) in [6.07, 6.45) is 8.12. The molecule has 0 spiro atoms. The number of halogens is 1. The lowest BCUT2D eigenvalue weighted by atomic mass is 9.83. The van der Waals surface area contributed by atoms with Gasteiger partial charge in [-0.25, -0.2) is 19.8 Å². The summed E-state index contributed by atoms with van der Waals surface area (Å²) in [4.78, 5) is 8.99. The molecule has 5 heteroatoms. The van der Waals surface area contributed by atoms with E-state index in [0.717, 1.165) is 24.2 Å². The second-order valence-electron chi connectivity index (χ2n) is 6.65. The molecule has 1 N–H and O–H groups in total. The van der Waals surface area contributed by atoms with E-state index in [2.05, 4.69) is 27.3 Å². The minimum absolute atomic E-state index is 0.201. The third kappa shape index (κ3) is 2.59. The predicted octanol–water partition coefficient (Wildman–Crippen LogP) is 3.68. The summed E-state index contributed by atoms with van der Waals surface area (Å²) >= 11 is 0. The smallest absolute Gasteiger partial charge is 0.153 e. The number of nitrogens with one attached hydrogen (secondary N) is 1. The zero-order valence-corrected chi connectivity index (χ0v) is 13.8. The van der Waals surface area contributed by atoms with Gasteiger partial charge in [-0.3, -0.25) is 0 Å². The van der Waals surface area contributed by atoms with Gasteiger partial charge in [0.2, 0.25) is 0 Å². The Balaban J connectivity index is 1.67. The number of nitrogens with zero attached hydrogens (tertiary/aromatic N) is 3. The lowest BCUT2D eigenvalue weighted by molar-refractivity contribution is 0.193. The van der Waals surface area contributed by atoms with Crippen molar-refractivity contribution in [3.8, 4) is 0 Å². The standard InChI is InChI=1S/C19H21FN4/c1-19(18-21-11-4-12-22-18)16-5-2-3-6-17(16)24(23-19)13-14-7-9-15(20)10-8-14/h4,7-12,23H,2-3,5-6,13H2,1H3/t19-/m0/s1. The van der Waals surface area contributed by atoms with Gasteiger partial charge in [-0.05, 0) is 61.9 Å². The van der Waals surface area contributed by atoms with Crippen molar-refractivity contribution in [2.45, 2.75) is 44.7 Å². The molecule has 2 heterocycles. The third-order valence-corrected chi connectivity index (χ3v) is 4.99. The van der Waals surface area contributed by atoms with Crippen LogP contribution in [0, 0.1) is 5.82 Å². The first-order chi connectivity index (χ1) is 11.7. The second-order valence-corrected chi connectivity index (χ2v) is 6.65. The Morgan fingerprint density at radius 2 is 1.83 bits per heavy atom. The highest BCUT2D eigenvalue weighted by Gasteiger charge is 2.44. The third-order valence-electron chi connectivity index (χ3n) is 4.99. The van der Waals surface area contributed by atoms with Gasteiger partial charge in [-0.1, -0.05) is 12.1 Å². The number of hydrazine groups is 1.